The molecule has 0 aliphatic heterocycles. The summed E-state index contributed by atoms with van der Waals surface area (Å²) in [6.07, 6.45) is 2.29. The van der Waals surface area contributed by atoms with Crippen molar-refractivity contribution in [3.63, 3.8) is 0 Å². The van der Waals surface area contributed by atoms with Crippen molar-refractivity contribution in [1.29, 1.82) is 0 Å². The number of benzene rings is 1. The van der Waals surface area contributed by atoms with E-state index in [9.17, 15) is 9.90 Å². The van der Waals surface area contributed by atoms with Crippen LogP contribution in [0, 0.1) is 6.92 Å². The van der Waals surface area contributed by atoms with Gasteiger partial charge in [-0.2, -0.15) is 0 Å². The molecule has 0 atom stereocenters. The summed E-state index contributed by atoms with van der Waals surface area (Å²) in [6.45, 7) is 1.96. The molecule has 18 heavy (non-hydrogen) atoms. The van der Waals surface area contributed by atoms with Crippen LogP contribution >= 0.6 is 0 Å². The summed E-state index contributed by atoms with van der Waals surface area (Å²) in [5.41, 5.74) is 2.50. The molecule has 0 amide bonds. The number of carbonyl (C=O) groups is 1. The fraction of sp³-hybridized carbons (Fsp3) is 0.200. The highest BCUT2D eigenvalue weighted by Gasteiger charge is 2.08. The highest BCUT2D eigenvalue weighted by molar-refractivity contribution is 5.83. The number of Topliss-reactive ketones (excluding diaryl/α,β-unsaturated/α-hetero) is 1. The van der Waals surface area contributed by atoms with Crippen molar-refractivity contribution >= 4 is 5.78 Å². The largest absolute Gasteiger partial charge is 0.508 e. The van der Waals surface area contributed by atoms with Crippen LogP contribution in [-0.4, -0.2) is 15.9 Å². The summed E-state index contributed by atoms with van der Waals surface area (Å²) in [5, 5.41) is 9.59. The van der Waals surface area contributed by atoms with Crippen molar-refractivity contribution in [3.05, 3.63) is 59.4 Å². The summed E-state index contributed by atoms with van der Waals surface area (Å²) in [4.78, 5) is 16.1. The number of aromatic nitrogens is 1. The van der Waals surface area contributed by atoms with Gasteiger partial charge in [0.05, 0.1) is 0 Å². The molecule has 0 aliphatic carbocycles. The maximum atomic E-state index is 11.9. The minimum absolute atomic E-state index is 0.0489. The summed E-state index contributed by atoms with van der Waals surface area (Å²) in [6, 6.07) is 10.7. The molecule has 0 radical (unpaired) electrons. The Morgan fingerprint density at radius 2 is 1.94 bits per heavy atom. The second-order valence-electron chi connectivity index (χ2n) is 4.35. The zero-order valence-corrected chi connectivity index (χ0v) is 10.3. The molecule has 0 fully saturated rings. The minimum Gasteiger partial charge on any atom is -0.508 e. The highest BCUT2D eigenvalue weighted by Crippen LogP contribution is 2.16. The lowest BCUT2D eigenvalue weighted by atomic mass is 10.0. The van der Waals surface area contributed by atoms with Crippen LogP contribution in [0.15, 0.2) is 42.6 Å². The smallest absolute Gasteiger partial charge is 0.143 e. The van der Waals surface area contributed by atoms with Gasteiger partial charge in [0.1, 0.15) is 11.5 Å². The first-order chi connectivity index (χ1) is 8.65. The quantitative estimate of drug-likeness (QED) is 0.894. The predicted octanol–water partition coefficient (Wildman–Crippen LogP) is 2.45. The molecule has 92 valence electrons. The van der Waals surface area contributed by atoms with Gasteiger partial charge in [0.25, 0.3) is 0 Å². The van der Waals surface area contributed by atoms with Crippen molar-refractivity contribution in [1.82, 2.24) is 4.98 Å². The van der Waals surface area contributed by atoms with Gasteiger partial charge in [-0.15, -0.1) is 0 Å². The fourth-order valence-electron chi connectivity index (χ4n) is 1.74. The zero-order valence-electron chi connectivity index (χ0n) is 10.3. The van der Waals surface area contributed by atoms with Crippen LogP contribution < -0.4 is 0 Å². The van der Waals surface area contributed by atoms with Crippen molar-refractivity contribution in [2.45, 2.75) is 19.8 Å². The molecule has 0 saturated heterocycles. The van der Waals surface area contributed by atoms with E-state index in [4.69, 9.17) is 0 Å². The molecule has 0 bridgehead atoms. The zero-order chi connectivity index (χ0) is 13.0. The molecule has 3 nitrogen and oxygen atoms in total. The maximum Gasteiger partial charge on any atom is 0.143 e. The molecule has 0 aliphatic rings. The predicted molar refractivity (Wildman–Crippen MR) is 69.5 cm³/mol. The first-order valence-electron chi connectivity index (χ1n) is 5.85. The lowest BCUT2D eigenvalue weighted by Gasteiger charge is -2.04. The molecular weight excluding hydrogens is 226 g/mol. The number of aryl methyl sites for hydroxylation is 1. The number of aromatic hydroxyl groups is 1. The maximum absolute atomic E-state index is 11.9. The van der Waals surface area contributed by atoms with Gasteiger partial charge >= 0.3 is 0 Å². The molecule has 1 heterocycles. The lowest BCUT2D eigenvalue weighted by molar-refractivity contribution is -0.117. The Balaban J connectivity index is 2.01. The van der Waals surface area contributed by atoms with Gasteiger partial charge in [0, 0.05) is 30.3 Å². The van der Waals surface area contributed by atoms with Gasteiger partial charge in [-0.1, -0.05) is 24.3 Å². The summed E-state index contributed by atoms with van der Waals surface area (Å²) in [7, 11) is 0. The fourth-order valence-corrected chi connectivity index (χ4v) is 1.74. The average molecular weight is 241 g/mol. The van der Waals surface area contributed by atoms with Gasteiger partial charge in [-0.05, 0) is 24.6 Å². The van der Waals surface area contributed by atoms with Crippen LogP contribution in [0.1, 0.15) is 16.8 Å². The van der Waals surface area contributed by atoms with E-state index in [1.165, 1.54) is 0 Å². The van der Waals surface area contributed by atoms with Crippen molar-refractivity contribution in [2.24, 2.45) is 0 Å². The molecule has 2 rings (SSSR count). The molecular formula is C15H15NO2. The first-order valence-corrected chi connectivity index (χ1v) is 5.85. The SMILES string of the molecule is Cc1ccc(CC(=O)Cc2ccccc2O)nc1. The van der Waals surface area contributed by atoms with E-state index in [-0.39, 0.29) is 18.0 Å². The van der Waals surface area contributed by atoms with Crippen LogP contribution in [-0.2, 0) is 17.6 Å². The van der Waals surface area contributed by atoms with E-state index in [1.54, 1.807) is 24.4 Å². The molecule has 1 aromatic heterocycles. The van der Waals surface area contributed by atoms with Gasteiger partial charge in [0.2, 0.25) is 0 Å². The molecule has 0 saturated carbocycles. The molecule has 1 N–H and O–H groups in total. The Bertz CT molecular complexity index is 547. The van der Waals surface area contributed by atoms with Gasteiger partial charge in [0.15, 0.2) is 0 Å². The number of phenolic OH excluding ortho intramolecular Hbond substituents is 1. The van der Waals surface area contributed by atoms with E-state index in [0.29, 0.717) is 12.0 Å². The third kappa shape index (κ3) is 3.17. The Kier molecular flexibility index (Phi) is 3.72. The normalized spacial score (nSPS) is 10.3. The average Bonchev–Trinajstić information content (AvgIpc) is 2.35. The Labute approximate surface area is 106 Å². The van der Waals surface area contributed by atoms with E-state index < -0.39 is 0 Å². The number of nitrogens with zero attached hydrogens (tertiary/aromatic N) is 1. The standard InChI is InChI=1S/C15H15NO2/c1-11-6-7-13(16-10-11)9-14(17)8-12-4-2-3-5-15(12)18/h2-7,10,18H,8-9H2,1H3. The Morgan fingerprint density at radius 1 is 1.17 bits per heavy atom. The number of hydrogen-bond donors (Lipinski definition) is 1. The van der Waals surface area contributed by atoms with Crippen LogP contribution in [0.5, 0.6) is 5.75 Å². The lowest BCUT2D eigenvalue weighted by Crippen LogP contribution is -2.07. The second kappa shape index (κ2) is 5.45. The van der Waals surface area contributed by atoms with Crippen molar-refractivity contribution < 1.29 is 9.90 Å². The second-order valence-corrected chi connectivity index (χ2v) is 4.35. The van der Waals surface area contributed by atoms with Crippen LogP contribution in [0.3, 0.4) is 0 Å². The van der Waals surface area contributed by atoms with Gasteiger partial charge in [-0.25, -0.2) is 0 Å². The molecule has 3 heteroatoms. The number of phenols is 1. The van der Waals surface area contributed by atoms with E-state index in [1.807, 2.05) is 25.1 Å². The number of hydrogen-bond acceptors (Lipinski definition) is 3. The third-order valence-electron chi connectivity index (χ3n) is 2.73. The van der Waals surface area contributed by atoms with Crippen molar-refractivity contribution in [3.8, 4) is 5.75 Å². The summed E-state index contributed by atoms with van der Waals surface area (Å²) in [5.74, 6) is 0.218. The van der Waals surface area contributed by atoms with Gasteiger partial charge in [-0.3, -0.25) is 9.78 Å². The van der Waals surface area contributed by atoms with Crippen LogP contribution in [0.25, 0.3) is 0 Å². The monoisotopic (exact) mass is 241 g/mol. The topological polar surface area (TPSA) is 50.2 Å². The molecule has 2 aromatic rings. The van der Waals surface area contributed by atoms with Crippen LogP contribution in [0.2, 0.25) is 0 Å². The van der Waals surface area contributed by atoms with E-state index in [2.05, 4.69) is 4.98 Å². The number of para-hydroxylation sites is 1. The molecule has 0 unspecified atom stereocenters. The highest BCUT2D eigenvalue weighted by atomic mass is 16.3. The summed E-state index contributed by atoms with van der Waals surface area (Å²) >= 11 is 0. The Hall–Kier alpha value is -2.16. The number of ketones is 1. The van der Waals surface area contributed by atoms with Crippen LogP contribution in [0.4, 0.5) is 0 Å². The van der Waals surface area contributed by atoms with Gasteiger partial charge < -0.3 is 5.11 Å². The van der Waals surface area contributed by atoms with E-state index >= 15 is 0 Å². The molecule has 1 aromatic carbocycles. The number of rotatable bonds is 4. The summed E-state index contributed by atoms with van der Waals surface area (Å²) < 4.78 is 0. The number of pyridine rings is 1. The molecule has 0 spiro atoms. The first kappa shape index (κ1) is 12.3. The Morgan fingerprint density at radius 3 is 2.61 bits per heavy atom. The van der Waals surface area contributed by atoms with Crippen molar-refractivity contribution in [2.75, 3.05) is 0 Å². The van der Waals surface area contributed by atoms with E-state index in [0.717, 1.165) is 11.3 Å². The minimum atomic E-state index is 0.0489. The number of carbonyl (C=O) groups excluding carboxylic acids is 1. The third-order valence-corrected chi connectivity index (χ3v) is 2.73.